The third-order valence-electron chi connectivity index (χ3n) is 3.25. The van der Waals surface area contributed by atoms with Crippen LogP contribution in [0.5, 0.6) is 0 Å². The highest BCUT2D eigenvalue weighted by atomic mass is 32.1. The molecule has 96 valence electrons. The molecule has 0 atom stereocenters. The first kappa shape index (κ1) is 14.1. The number of aromatic nitrogens is 1. The summed E-state index contributed by atoms with van der Waals surface area (Å²) in [6.45, 7) is 9.90. The van der Waals surface area contributed by atoms with E-state index in [1.807, 2.05) is 40.8 Å². The van der Waals surface area contributed by atoms with Gasteiger partial charge in [0.15, 0.2) is 0 Å². The van der Waals surface area contributed by atoms with Crippen molar-refractivity contribution in [1.82, 2.24) is 10.3 Å². The molecule has 4 nitrogen and oxygen atoms in total. The number of nitrogens with two attached hydrogens (primary N) is 1. The summed E-state index contributed by atoms with van der Waals surface area (Å²) in [4.78, 5) is 17.4. The Balaban J connectivity index is 2.61. The second kappa shape index (κ2) is 4.74. The number of carbonyl (C=O) groups is 1. The van der Waals surface area contributed by atoms with Crippen LogP contribution in [0.1, 0.15) is 37.6 Å². The van der Waals surface area contributed by atoms with Crippen molar-refractivity contribution in [3.63, 3.8) is 0 Å². The lowest BCUT2D eigenvalue weighted by Gasteiger charge is -2.36. The fourth-order valence-electron chi connectivity index (χ4n) is 1.15. The average Bonchev–Trinajstić information content (AvgIpc) is 2.58. The molecule has 0 saturated heterocycles. The minimum Gasteiger partial charge on any atom is -0.349 e. The van der Waals surface area contributed by atoms with Gasteiger partial charge in [-0.25, -0.2) is 4.98 Å². The predicted octanol–water partition coefficient (Wildman–Crippen LogP) is 1.83. The van der Waals surface area contributed by atoms with Crippen molar-refractivity contribution in [1.29, 1.82) is 0 Å². The predicted molar refractivity (Wildman–Crippen MR) is 70.7 cm³/mol. The highest BCUT2D eigenvalue weighted by Crippen LogP contribution is 2.28. The van der Waals surface area contributed by atoms with Crippen molar-refractivity contribution in [2.75, 3.05) is 0 Å². The monoisotopic (exact) mass is 255 g/mol. The molecular formula is C12H21N3OS. The van der Waals surface area contributed by atoms with Gasteiger partial charge in [-0.1, -0.05) is 0 Å². The van der Waals surface area contributed by atoms with Crippen molar-refractivity contribution >= 4 is 17.2 Å². The second-order valence-corrected chi connectivity index (χ2v) is 6.71. The van der Waals surface area contributed by atoms with Crippen LogP contribution in [-0.2, 0) is 11.3 Å². The van der Waals surface area contributed by atoms with E-state index in [0.717, 1.165) is 9.88 Å². The lowest BCUT2D eigenvalue weighted by Crippen LogP contribution is -2.55. The number of thiazole rings is 1. The Morgan fingerprint density at radius 3 is 2.47 bits per heavy atom. The van der Waals surface area contributed by atoms with Crippen molar-refractivity contribution in [2.24, 2.45) is 11.1 Å². The minimum atomic E-state index is -0.612. The zero-order valence-electron chi connectivity index (χ0n) is 11.1. The molecule has 17 heavy (non-hydrogen) atoms. The van der Waals surface area contributed by atoms with E-state index < -0.39 is 11.0 Å². The summed E-state index contributed by atoms with van der Waals surface area (Å²) in [6.07, 6.45) is 1.81. The zero-order chi connectivity index (χ0) is 13.3. The molecule has 5 heteroatoms. The van der Waals surface area contributed by atoms with Crippen molar-refractivity contribution in [2.45, 2.75) is 46.7 Å². The SMILES string of the molecule is Cc1cnc(CNC(=O)C(C)(C)C(C)(C)N)s1. The fourth-order valence-corrected chi connectivity index (χ4v) is 1.88. The first-order valence-corrected chi connectivity index (χ1v) is 6.45. The molecule has 0 bridgehead atoms. The molecule has 0 fully saturated rings. The zero-order valence-corrected chi connectivity index (χ0v) is 11.9. The Hall–Kier alpha value is -0.940. The first-order chi connectivity index (χ1) is 7.64. The molecule has 0 spiro atoms. The van der Waals surface area contributed by atoms with Gasteiger partial charge in [0.2, 0.25) is 5.91 Å². The van der Waals surface area contributed by atoms with E-state index >= 15 is 0 Å². The van der Waals surface area contributed by atoms with Gasteiger partial charge >= 0.3 is 0 Å². The molecule has 3 N–H and O–H groups in total. The highest BCUT2D eigenvalue weighted by Gasteiger charge is 2.40. The van der Waals surface area contributed by atoms with Crippen LogP contribution in [0.25, 0.3) is 0 Å². The first-order valence-electron chi connectivity index (χ1n) is 5.63. The molecule has 1 rings (SSSR count). The fraction of sp³-hybridized carbons (Fsp3) is 0.667. The molecule has 1 aromatic heterocycles. The molecule has 1 aromatic rings. The van der Waals surface area contributed by atoms with Crippen LogP contribution >= 0.6 is 11.3 Å². The second-order valence-electron chi connectivity index (χ2n) is 5.39. The van der Waals surface area contributed by atoms with Crippen LogP contribution in [0.2, 0.25) is 0 Å². The number of amides is 1. The smallest absolute Gasteiger partial charge is 0.227 e. The van der Waals surface area contributed by atoms with Gasteiger partial charge < -0.3 is 11.1 Å². The Morgan fingerprint density at radius 1 is 1.47 bits per heavy atom. The molecule has 0 aliphatic carbocycles. The number of hydrogen-bond acceptors (Lipinski definition) is 4. The molecule has 1 amide bonds. The lowest BCUT2D eigenvalue weighted by atomic mass is 9.74. The summed E-state index contributed by atoms with van der Waals surface area (Å²) < 4.78 is 0. The van der Waals surface area contributed by atoms with Crippen LogP contribution in [0.4, 0.5) is 0 Å². The number of aryl methyl sites for hydroxylation is 1. The van der Waals surface area contributed by atoms with Gasteiger partial charge in [-0.05, 0) is 34.6 Å². The third kappa shape index (κ3) is 3.26. The Labute approximate surface area is 107 Å². The lowest BCUT2D eigenvalue weighted by molar-refractivity contribution is -0.132. The van der Waals surface area contributed by atoms with E-state index in [1.165, 1.54) is 0 Å². The molecule has 0 unspecified atom stereocenters. The van der Waals surface area contributed by atoms with Gasteiger partial charge in [0.25, 0.3) is 0 Å². The molecular weight excluding hydrogens is 234 g/mol. The van der Waals surface area contributed by atoms with E-state index in [2.05, 4.69) is 10.3 Å². The van der Waals surface area contributed by atoms with E-state index in [9.17, 15) is 4.79 Å². The maximum atomic E-state index is 12.1. The molecule has 0 radical (unpaired) electrons. The van der Waals surface area contributed by atoms with E-state index in [0.29, 0.717) is 6.54 Å². The molecule has 0 aliphatic rings. The van der Waals surface area contributed by atoms with Gasteiger partial charge in [0, 0.05) is 16.6 Å². The topological polar surface area (TPSA) is 68.0 Å². The van der Waals surface area contributed by atoms with Crippen LogP contribution in [0.15, 0.2) is 6.20 Å². The van der Waals surface area contributed by atoms with Gasteiger partial charge in [-0.2, -0.15) is 0 Å². The number of rotatable bonds is 4. The maximum absolute atomic E-state index is 12.1. The van der Waals surface area contributed by atoms with Crippen molar-refractivity contribution < 1.29 is 4.79 Å². The largest absolute Gasteiger partial charge is 0.349 e. The summed E-state index contributed by atoms with van der Waals surface area (Å²) >= 11 is 1.59. The van der Waals surface area contributed by atoms with Crippen LogP contribution < -0.4 is 11.1 Å². The van der Waals surface area contributed by atoms with Crippen LogP contribution in [-0.4, -0.2) is 16.4 Å². The standard InChI is InChI=1S/C12H21N3OS/c1-8-6-14-9(17-8)7-15-10(16)11(2,3)12(4,5)13/h6H,7,13H2,1-5H3,(H,15,16). The third-order valence-corrected chi connectivity index (χ3v) is 4.16. The van der Waals surface area contributed by atoms with Crippen molar-refractivity contribution in [3.05, 3.63) is 16.1 Å². The Kier molecular flexibility index (Phi) is 3.94. The summed E-state index contributed by atoms with van der Waals surface area (Å²) in [5.74, 6) is -0.0437. The number of carbonyl (C=O) groups excluding carboxylic acids is 1. The van der Waals surface area contributed by atoms with Crippen LogP contribution in [0.3, 0.4) is 0 Å². The van der Waals surface area contributed by atoms with Crippen molar-refractivity contribution in [3.8, 4) is 0 Å². The van der Waals surface area contributed by atoms with E-state index in [-0.39, 0.29) is 5.91 Å². The van der Waals surface area contributed by atoms with Gasteiger partial charge in [0.05, 0.1) is 12.0 Å². The Bertz CT molecular complexity index is 404. The maximum Gasteiger partial charge on any atom is 0.227 e. The molecule has 0 aromatic carbocycles. The number of nitrogens with one attached hydrogen (secondary N) is 1. The molecule has 1 heterocycles. The average molecular weight is 255 g/mol. The van der Waals surface area contributed by atoms with Crippen LogP contribution in [0, 0.1) is 12.3 Å². The summed E-state index contributed by atoms with van der Waals surface area (Å²) in [6, 6.07) is 0. The highest BCUT2D eigenvalue weighted by molar-refractivity contribution is 7.11. The van der Waals surface area contributed by atoms with Gasteiger partial charge in [0.1, 0.15) is 5.01 Å². The Morgan fingerprint density at radius 2 is 2.06 bits per heavy atom. The van der Waals surface area contributed by atoms with Gasteiger partial charge in [-0.15, -0.1) is 11.3 Å². The molecule has 0 aliphatic heterocycles. The number of nitrogens with zero attached hydrogens (tertiary/aromatic N) is 1. The van der Waals surface area contributed by atoms with E-state index in [1.54, 1.807) is 11.3 Å². The summed E-state index contributed by atoms with van der Waals surface area (Å²) in [5, 5.41) is 3.81. The minimum absolute atomic E-state index is 0.0437. The quantitative estimate of drug-likeness (QED) is 0.862. The normalized spacial score (nSPS) is 12.6. The molecule has 0 saturated carbocycles. The van der Waals surface area contributed by atoms with E-state index in [4.69, 9.17) is 5.73 Å². The number of hydrogen-bond donors (Lipinski definition) is 2. The van der Waals surface area contributed by atoms with Gasteiger partial charge in [-0.3, -0.25) is 4.79 Å². The summed E-state index contributed by atoms with van der Waals surface area (Å²) in [5.41, 5.74) is 4.84. The summed E-state index contributed by atoms with van der Waals surface area (Å²) in [7, 11) is 0.